The van der Waals surface area contributed by atoms with Gasteiger partial charge in [-0.2, -0.15) is 0 Å². The molecule has 0 aliphatic carbocycles. The Morgan fingerprint density at radius 1 is 1.25 bits per heavy atom. The SMILES string of the molecule is C=CCOc1cc(F)c(F)c(Cc2ccc(I)cc2F)c1[N+](=O)[O-]. The van der Waals surface area contributed by atoms with Gasteiger partial charge in [0.1, 0.15) is 12.4 Å². The molecule has 0 fully saturated rings. The largest absolute Gasteiger partial charge is 0.483 e. The van der Waals surface area contributed by atoms with Gasteiger partial charge in [-0.1, -0.05) is 18.7 Å². The molecule has 2 rings (SSSR count). The van der Waals surface area contributed by atoms with Crippen LogP contribution in [0.15, 0.2) is 36.9 Å². The lowest BCUT2D eigenvalue weighted by Crippen LogP contribution is -2.07. The zero-order valence-electron chi connectivity index (χ0n) is 12.2. The molecule has 0 unspecified atom stereocenters. The van der Waals surface area contributed by atoms with Gasteiger partial charge in [-0.15, -0.1) is 0 Å². The molecule has 0 amide bonds. The number of halogens is 4. The van der Waals surface area contributed by atoms with Crippen molar-refractivity contribution >= 4 is 28.3 Å². The summed E-state index contributed by atoms with van der Waals surface area (Å²) in [6, 6.07) is 4.74. The van der Waals surface area contributed by atoms with Crippen molar-refractivity contribution in [3.63, 3.8) is 0 Å². The van der Waals surface area contributed by atoms with Crippen LogP contribution in [0.5, 0.6) is 5.75 Å². The molecule has 0 aliphatic heterocycles. The Kier molecular flexibility index (Phi) is 5.81. The van der Waals surface area contributed by atoms with E-state index in [9.17, 15) is 23.3 Å². The Balaban J connectivity index is 2.59. The first-order chi connectivity index (χ1) is 11.3. The van der Waals surface area contributed by atoms with E-state index in [1.165, 1.54) is 18.2 Å². The van der Waals surface area contributed by atoms with Crippen molar-refractivity contribution in [2.45, 2.75) is 6.42 Å². The molecule has 0 atom stereocenters. The van der Waals surface area contributed by atoms with Crippen molar-refractivity contribution in [3.05, 3.63) is 79.2 Å². The molecule has 126 valence electrons. The van der Waals surface area contributed by atoms with E-state index in [4.69, 9.17) is 4.74 Å². The van der Waals surface area contributed by atoms with E-state index in [-0.39, 0.29) is 12.2 Å². The van der Waals surface area contributed by atoms with Crippen LogP contribution in [0, 0.1) is 31.1 Å². The lowest BCUT2D eigenvalue weighted by molar-refractivity contribution is -0.386. The number of benzene rings is 2. The Bertz CT molecular complexity index is 812. The lowest BCUT2D eigenvalue weighted by atomic mass is 10.0. The van der Waals surface area contributed by atoms with Crippen molar-refractivity contribution in [3.8, 4) is 5.75 Å². The summed E-state index contributed by atoms with van der Waals surface area (Å²) in [6.07, 6.45) is 0.830. The van der Waals surface area contributed by atoms with Gasteiger partial charge in [0.25, 0.3) is 0 Å². The molecule has 0 spiro atoms. The van der Waals surface area contributed by atoms with Crippen molar-refractivity contribution in [2.24, 2.45) is 0 Å². The Hall–Kier alpha value is -2.10. The highest BCUT2D eigenvalue weighted by atomic mass is 127. The van der Waals surface area contributed by atoms with E-state index in [1.807, 2.05) is 22.6 Å². The first-order valence-corrected chi connectivity index (χ1v) is 7.76. The lowest BCUT2D eigenvalue weighted by Gasteiger charge is -2.11. The molecular weight excluding hydrogens is 438 g/mol. The Labute approximate surface area is 149 Å². The molecule has 0 bridgehead atoms. The van der Waals surface area contributed by atoms with Gasteiger partial charge in [-0.25, -0.2) is 13.2 Å². The number of rotatable bonds is 6. The standard InChI is InChI=1S/C16H11F3INO3/c1-2-5-24-14-8-13(18)15(19)11(16(14)21(22)23)6-9-3-4-10(20)7-12(9)17/h2-4,7-8H,1,5-6H2. The summed E-state index contributed by atoms with van der Waals surface area (Å²) < 4.78 is 47.5. The molecule has 0 saturated heterocycles. The first kappa shape index (κ1) is 18.2. The third kappa shape index (κ3) is 3.86. The maximum absolute atomic E-state index is 14.1. The van der Waals surface area contributed by atoms with Crippen LogP contribution in [0.3, 0.4) is 0 Å². The molecule has 0 heterocycles. The molecular formula is C16H11F3INO3. The van der Waals surface area contributed by atoms with E-state index in [0.717, 1.165) is 0 Å². The van der Waals surface area contributed by atoms with Crippen molar-refractivity contribution in [1.82, 2.24) is 0 Å². The zero-order valence-corrected chi connectivity index (χ0v) is 14.3. The molecule has 2 aromatic carbocycles. The second kappa shape index (κ2) is 7.65. The fourth-order valence-electron chi connectivity index (χ4n) is 2.12. The number of hydrogen-bond donors (Lipinski definition) is 0. The minimum atomic E-state index is -1.40. The van der Waals surface area contributed by atoms with Crippen LogP contribution in [0.25, 0.3) is 0 Å². The summed E-state index contributed by atoms with van der Waals surface area (Å²) in [5.41, 5.74) is -1.29. The second-order valence-electron chi connectivity index (χ2n) is 4.77. The average Bonchev–Trinajstić information content (AvgIpc) is 2.51. The van der Waals surface area contributed by atoms with Crippen LogP contribution in [0.2, 0.25) is 0 Å². The van der Waals surface area contributed by atoms with Gasteiger partial charge in [0.15, 0.2) is 11.6 Å². The summed E-state index contributed by atoms with van der Waals surface area (Å²) >= 11 is 1.89. The Morgan fingerprint density at radius 2 is 1.96 bits per heavy atom. The molecule has 4 nitrogen and oxygen atoms in total. The van der Waals surface area contributed by atoms with Crippen LogP contribution >= 0.6 is 22.6 Å². The molecule has 0 saturated carbocycles. The molecule has 0 N–H and O–H groups in total. The zero-order chi connectivity index (χ0) is 17.9. The number of hydrogen-bond acceptors (Lipinski definition) is 3. The minimum absolute atomic E-state index is 0.0117. The van der Waals surface area contributed by atoms with Crippen molar-refractivity contribution in [1.29, 1.82) is 0 Å². The van der Waals surface area contributed by atoms with E-state index < -0.39 is 45.8 Å². The average molecular weight is 449 g/mol. The van der Waals surface area contributed by atoms with Gasteiger partial charge < -0.3 is 4.74 Å². The summed E-state index contributed by atoms with van der Waals surface area (Å²) in [5.74, 6) is -3.79. The number of nitro groups is 1. The van der Waals surface area contributed by atoms with Gasteiger partial charge >= 0.3 is 5.69 Å². The number of nitro benzene ring substituents is 1. The van der Waals surface area contributed by atoms with Crippen molar-refractivity contribution < 1.29 is 22.8 Å². The number of nitrogens with zero attached hydrogens (tertiary/aromatic N) is 1. The molecule has 8 heteroatoms. The maximum Gasteiger partial charge on any atom is 0.317 e. The van der Waals surface area contributed by atoms with Gasteiger partial charge in [0, 0.05) is 16.1 Å². The molecule has 24 heavy (non-hydrogen) atoms. The summed E-state index contributed by atoms with van der Waals surface area (Å²) in [6.45, 7) is 3.27. The maximum atomic E-state index is 14.1. The van der Waals surface area contributed by atoms with Crippen LogP contribution in [-0.2, 0) is 6.42 Å². The van der Waals surface area contributed by atoms with Crippen LogP contribution in [0.4, 0.5) is 18.9 Å². The summed E-state index contributed by atoms with van der Waals surface area (Å²) in [5, 5.41) is 11.3. The normalized spacial score (nSPS) is 10.5. The van der Waals surface area contributed by atoms with E-state index in [0.29, 0.717) is 9.64 Å². The second-order valence-corrected chi connectivity index (χ2v) is 6.01. The van der Waals surface area contributed by atoms with Gasteiger partial charge in [0.2, 0.25) is 5.75 Å². The summed E-state index contributed by atoms with van der Waals surface area (Å²) in [4.78, 5) is 10.4. The topological polar surface area (TPSA) is 52.4 Å². The fourth-order valence-corrected chi connectivity index (χ4v) is 2.57. The first-order valence-electron chi connectivity index (χ1n) is 6.68. The van der Waals surface area contributed by atoms with E-state index in [1.54, 1.807) is 6.07 Å². The van der Waals surface area contributed by atoms with Gasteiger partial charge in [-0.3, -0.25) is 10.1 Å². The fraction of sp³-hybridized carbons (Fsp3) is 0.125. The molecule has 0 aromatic heterocycles. The molecule has 0 aliphatic rings. The van der Waals surface area contributed by atoms with Crippen LogP contribution in [0.1, 0.15) is 11.1 Å². The summed E-state index contributed by atoms with van der Waals surface area (Å²) in [7, 11) is 0. The van der Waals surface area contributed by atoms with Crippen LogP contribution < -0.4 is 4.74 Å². The van der Waals surface area contributed by atoms with Gasteiger partial charge in [-0.05, 0) is 40.3 Å². The highest BCUT2D eigenvalue weighted by Crippen LogP contribution is 2.36. The number of ether oxygens (including phenoxy) is 1. The van der Waals surface area contributed by atoms with E-state index in [2.05, 4.69) is 6.58 Å². The third-order valence-electron chi connectivity index (χ3n) is 3.17. The third-order valence-corrected chi connectivity index (χ3v) is 3.84. The van der Waals surface area contributed by atoms with Gasteiger partial charge in [0.05, 0.1) is 10.5 Å². The predicted molar refractivity (Wildman–Crippen MR) is 90.6 cm³/mol. The predicted octanol–water partition coefficient (Wildman–Crippen LogP) is 4.77. The quantitative estimate of drug-likeness (QED) is 0.276. The highest BCUT2D eigenvalue weighted by Gasteiger charge is 2.29. The van der Waals surface area contributed by atoms with Crippen LogP contribution in [-0.4, -0.2) is 11.5 Å². The molecule has 2 aromatic rings. The highest BCUT2D eigenvalue weighted by molar-refractivity contribution is 14.1. The van der Waals surface area contributed by atoms with E-state index >= 15 is 0 Å². The smallest absolute Gasteiger partial charge is 0.317 e. The molecule has 0 radical (unpaired) electrons. The van der Waals surface area contributed by atoms with Crippen molar-refractivity contribution in [2.75, 3.05) is 6.61 Å². The Morgan fingerprint density at radius 3 is 2.54 bits per heavy atom. The monoisotopic (exact) mass is 449 g/mol. The minimum Gasteiger partial charge on any atom is -0.483 e.